The van der Waals surface area contributed by atoms with Crippen LogP contribution in [0.25, 0.3) is 0 Å². The third-order valence-corrected chi connectivity index (χ3v) is 9.83. The van der Waals surface area contributed by atoms with Gasteiger partial charge in [-0.2, -0.15) is 18.3 Å². The highest BCUT2D eigenvalue weighted by atomic mass is 35.5. The molecule has 5 rings (SSSR count). The van der Waals surface area contributed by atoms with Crippen LogP contribution < -0.4 is 4.74 Å². The van der Waals surface area contributed by atoms with Gasteiger partial charge in [-0.1, -0.05) is 31.5 Å². The smallest absolute Gasteiger partial charge is 0.433 e. The fourth-order valence-electron chi connectivity index (χ4n) is 7.08. The average molecular weight is 596 g/mol. The van der Waals surface area contributed by atoms with E-state index in [9.17, 15) is 32.7 Å². The van der Waals surface area contributed by atoms with Gasteiger partial charge in [0.25, 0.3) is 5.91 Å². The Morgan fingerprint density at radius 1 is 1.15 bits per heavy atom. The van der Waals surface area contributed by atoms with Crippen LogP contribution in [0.4, 0.5) is 13.2 Å². The number of ketones is 1. The Hall–Kier alpha value is -3.08. The van der Waals surface area contributed by atoms with Gasteiger partial charge in [-0.05, 0) is 67.9 Å². The van der Waals surface area contributed by atoms with Gasteiger partial charge in [0.05, 0.1) is 48.0 Å². The number of rotatable bonds is 8. The van der Waals surface area contributed by atoms with Gasteiger partial charge >= 0.3 is 12.1 Å². The van der Waals surface area contributed by atoms with Crippen LogP contribution in [0.5, 0.6) is 5.75 Å². The number of aromatic nitrogens is 2. The van der Waals surface area contributed by atoms with Crippen molar-refractivity contribution in [2.45, 2.75) is 70.6 Å². The number of methoxy groups -OCH3 is 1. The molecule has 1 unspecified atom stereocenters. The van der Waals surface area contributed by atoms with Gasteiger partial charge in [0, 0.05) is 6.04 Å². The van der Waals surface area contributed by atoms with Crippen LogP contribution in [-0.2, 0) is 11.0 Å². The standard InChI is InChI=1S/C29H33ClF3N3O5/c1-28(2)19-11-17(12-20(19)28)35(14-22(37)24-21(30)5-4-6-23(24)41-3)26(38)18-13-34-36(25(18)29(31,32)33)16-9-7-15(8-10-16)27(39)40/h4-6,13,15-17,19-20H,7-12,14H2,1-3H3,(H,39,40)/t15?,16?,17?,19-,20+. The lowest BCUT2D eigenvalue weighted by atomic mass is 9.86. The molecular weight excluding hydrogens is 563 g/mol. The number of aliphatic carboxylic acids is 1. The molecule has 3 fully saturated rings. The maximum absolute atomic E-state index is 14.5. The topological polar surface area (TPSA) is 102 Å². The van der Waals surface area contributed by atoms with E-state index in [1.165, 1.54) is 18.1 Å². The Bertz CT molecular complexity index is 1350. The molecule has 1 aromatic heterocycles. The van der Waals surface area contributed by atoms with Gasteiger partial charge in [0.15, 0.2) is 11.5 Å². The molecule has 0 radical (unpaired) electrons. The number of ether oxygens (including phenoxy) is 1. The second-order valence-corrected chi connectivity index (χ2v) is 12.4. The molecule has 1 amide bonds. The van der Waals surface area contributed by atoms with Crippen LogP contribution in [0, 0.1) is 23.2 Å². The minimum absolute atomic E-state index is 0.0693. The highest BCUT2D eigenvalue weighted by molar-refractivity contribution is 6.34. The molecule has 8 nitrogen and oxygen atoms in total. The monoisotopic (exact) mass is 595 g/mol. The summed E-state index contributed by atoms with van der Waals surface area (Å²) < 4.78 is 49.7. The third-order valence-electron chi connectivity index (χ3n) is 9.52. The predicted octanol–water partition coefficient (Wildman–Crippen LogP) is 6.14. The molecule has 3 aliphatic rings. The Morgan fingerprint density at radius 3 is 2.34 bits per heavy atom. The summed E-state index contributed by atoms with van der Waals surface area (Å²) in [7, 11) is 1.38. The highest BCUT2D eigenvalue weighted by Gasteiger charge is 2.63. The van der Waals surface area contributed by atoms with Gasteiger partial charge in [-0.3, -0.25) is 19.1 Å². The minimum atomic E-state index is -4.90. The zero-order chi connectivity index (χ0) is 29.9. The largest absolute Gasteiger partial charge is 0.496 e. The second-order valence-electron chi connectivity index (χ2n) is 12.0. The van der Waals surface area contributed by atoms with E-state index in [4.69, 9.17) is 16.3 Å². The van der Waals surface area contributed by atoms with E-state index in [1.807, 2.05) is 0 Å². The molecule has 41 heavy (non-hydrogen) atoms. The quantitative estimate of drug-likeness (QED) is 0.368. The lowest BCUT2D eigenvalue weighted by molar-refractivity contribution is -0.147. The fraction of sp³-hybridized carbons (Fsp3) is 0.586. The number of carboxylic acids is 1. The van der Waals surface area contributed by atoms with Crippen LogP contribution >= 0.6 is 11.6 Å². The number of benzene rings is 1. The lowest BCUT2D eigenvalue weighted by Crippen LogP contribution is -2.44. The summed E-state index contributed by atoms with van der Waals surface area (Å²) in [5.41, 5.74) is -1.62. The Morgan fingerprint density at radius 2 is 1.78 bits per heavy atom. The van der Waals surface area contributed by atoms with Gasteiger partial charge in [0.2, 0.25) is 0 Å². The number of amides is 1. The van der Waals surface area contributed by atoms with Crippen molar-refractivity contribution >= 4 is 29.3 Å². The number of halogens is 4. The molecule has 0 spiro atoms. The van der Waals surface area contributed by atoms with Gasteiger partial charge in [-0.25, -0.2) is 0 Å². The number of alkyl halides is 3. The normalized spacial score (nSPS) is 26.8. The van der Waals surface area contributed by atoms with Crippen molar-refractivity contribution < 1.29 is 37.4 Å². The summed E-state index contributed by atoms with van der Waals surface area (Å²) in [6.07, 6.45) is -1.94. The molecule has 3 saturated carbocycles. The van der Waals surface area contributed by atoms with Crippen molar-refractivity contribution in [3.8, 4) is 5.75 Å². The van der Waals surface area contributed by atoms with Crippen LogP contribution in [-0.4, -0.2) is 57.1 Å². The van der Waals surface area contributed by atoms with E-state index >= 15 is 0 Å². The van der Waals surface area contributed by atoms with E-state index in [0.717, 1.165) is 10.9 Å². The number of carboxylic acid groups (broad SMARTS) is 1. The molecule has 1 heterocycles. The predicted molar refractivity (Wildman–Crippen MR) is 143 cm³/mol. The summed E-state index contributed by atoms with van der Waals surface area (Å²) in [4.78, 5) is 40.1. The summed E-state index contributed by atoms with van der Waals surface area (Å²) in [6.45, 7) is 3.81. The SMILES string of the molecule is COc1cccc(Cl)c1C(=O)CN(C(=O)c1cnn(C2CCC(C(=O)O)CC2)c1C(F)(F)F)C1C[C@@H]2[C@H](C1)C2(C)C. The molecule has 3 aliphatic carbocycles. The molecule has 0 saturated heterocycles. The van der Waals surface area contributed by atoms with Crippen molar-refractivity contribution in [2.75, 3.05) is 13.7 Å². The van der Waals surface area contributed by atoms with E-state index in [0.29, 0.717) is 24.7 Å². The summed E-state index contributed by atoms with van der Waals surface area (Å²) in [6, 6.07) is 3.58. The summed E-state index contributed by atoms with van der Waals surface area (Å²) >= 11 is 6.31. The van der Waals surface area contributed by atoms with Crippen molar-refractivity contribution in [3.63, 3.8) is 0 Å². The zero-order valence-electron chi connectivity index (χ0n) is 23.1. The van der Waals surface area contributed by atoms with Crippen molar-refractivity contribution in [1.82, 2.24) is 14.7 Å². The first-order valence-electron chi connectivity index (χ1n) is 13.8. The number of hydrogen-bond donors (Lipinski definition) is 1. The third kappa shape index (κ3) is 5.33. The number of nitrogens with zero attached hydrogens (tertiary/aromatic N) is 3. The molecule has 222 valence electrons. The first-order valence-corrected chi connectivity index (χ1v) is 14.2. The number of carbonyl (C=O) groups excluding carboxylic acids is 2. The fourth-order valence-corrected chi connectivity index (χ4v) is 7.35. The van der Waals surface area contributed by atoms with E-state index in [-0.39, 0.29) is 47.4 Å². The van der Waals surface area contributed by atoms with Crippen LogP contribution in [0.2, 0.25) is 5.02 Å². The molecule has 1 N–H and O–H groups in total. The first kappa shape index (κ1) is 29.4. The van der Waals surface area contributed by atoms with Crippen molar-refractivity contribution in [1.29, 1.82) is 0 Å². The highest BCUT2D eigenvalue weighted by Crippen LogP contribution is 2.67. The zero-order valence-corrected chi connectivity index (χ0v) is 23.8. The van der Waals surface area contributed by atoms with Crippen molar-refractivity contribution in [2.24, 2.45) is 23.2 Å². The molecule has 0 aliphatic heterocycles. The molecule has 0 bridgehead atoms. The van der Waals surface area contributed by atoms with Crippen LogP contribution in [0.3, 0.4) is 0 Å². The van der Waals surface area contributed by atoms with Gasteiger partial charge < -0.3 is 14.7 Å². The number of carbonyl (C=O) groups is 3. The number of fused-ring (bicyclic) bond motifs is 1. The second kappa shape index (κ2) is 10.6. The van der Waals surface area contributed by atoms with E-state index in [1.54, 1.807) is 12.1 Å². The van der Waals surface area contributed by atoms with Crippen LogP contribution in [0.15, 0.2) is 24.4 Å². The van der Waals surface area contributed by atoms with Crippen LogP contribution in [0.1, 0.15) is 84.8 Å². The number of Topliss-reactive ketones (excluding diaryl/α,β-unsaturated/α-hetero) is 1. The lowest BCUT2D eigenvalue weighted by Gasteiger charge is -2.32. The maximum Gasteiger partial charge on any atom is 0.433 e. The molecule has 2 aromatic rings. The number of hydrogen-bond acceptors (Lipinski definition) is 5. The first-order chi connectivity index (χ1) is 19.3. The molecule has 12 heteroatoms. The van der Waals surface area contributed by atoms with Gasteiger partial charge in [-0.15, -0.1) is 0 Å². The van der Waals surface area contributed by atoms with E-state index < -0.39 is 59.6 Å². The Balaban J connectivity index is 1.48. The maximum atomic E-state index is 14.5. The van der Waals surface area contributed by atoms with Gasteiger partial charge in [0.1, 0.15) is 5.75 Å². The molecule has 3 atom stereocenters. The Kier molecular flexibility index (Phi) is 7.63. The summed E-state index contributed by atoms with van der Waals surface area (Å²) in [5.74, 6) is -2.17. The Labute approximate surface area is 240 Å². The van der Waals surface area contributed by atoms with E-state index in [2.05, 4.69) is 18.9 Å². The average Bonchev–Trinajstić information content (AvgIpc) is 3.34. The summed E-state index contributed by atoms with van der Waals surface area (Å²) in [5, 5.41) is 13.4. The van der Waals surface area contributed by atoms with Crippen molar-refractivity contribution in [3.05, 3.63) is 46.2 Å². The minimum Gasteiger partial charge on any atom is -0.496 e. The molecule has 1 aromatic carbocycles. The molecular formula is C29H33ClF3N3O5.